The second-order valence-electron chi connectivity index (χ2n) is 10.6. The normalized spacial score (nSPS) is 27.5. The lowest BCUT2D eigenvalue weighted by atomic mass is 10.1. The molecule has 2 saturated heterocycles. The first-order valence-corrected chi connectivity index (χ1v) is 16.1. The zero-order chi connectivity index (χ0) is 25.9. The van der Waals surface area contributed by atoms with Crippen LogP contribution in [0.5, 0.6) is 0 Å². The molecule has 11 heteroatoms. The van der Waals surface area contributed by atoms with E-state index in [2.05, 4.69) is 65.4 Å². The van der Waals surface area contributed by atoms with E-state index in [9.17, 15) is 4.79 Å². The Kier molecular flexibility index (Phi) is 6.45. The Labute approximate surface area is 205 Å². The number of Topliss-reactive ketones (excluding diaryl/α,β-unsaturated/α-hetero) is 1. The number of hydrogen-bond acceptors (Lipinski definition) is 8. The van der Waals surface area contributed by atoms with E-state index in [1.54, 1.807) is 4.57 Å². The number of carbonyl (C=O) groups is 1. The van der Waals surface area contributed by atoms with Gasteiger partial charge in [-0.15, -0.1) is 0 Å². The highest BCUT2D eigenvalue weighted by Crippen LogP contribution is 2.47. The van der Waals surface area contributed by atoms with E-state index in [1.165, 1.54) is 12.5 Å². The van der Waals surface area contributed by atoms with Crippen LogP contribution in [0, 0.1) is 0 Å². The Morgan fingerprint density at radius 3 is 2.26 bits per heavy atom. The molecule has 2 fully saturated rings. The number of rotatable bonds is 5. The number of carbonyl (C=O) groups excluding carboxylic acids is 1. The highest BCUT2D eigenvalue weighted by molar-refractivity contribution is 6.84. The number of nitrogens with zero attached hydrogens (tertiary/aromatic N) is 3. The summed E-state index contributed by atoms with van der Waals surface area (Å²) in [4.78, 5) is 22.1. The first-order valence-electron chi connectivity index (χ1n) is 12.6. The van der Waals surface area contributed by atoms with Crippen molar-refractivity contribution in [2.24, 2.45) is 0 Å². The van der Waals surface area contributed by atoms with Crippen LogP contribution in [0.4, 0.5) is 5.82 Å². The van der Waals surface area contributed by atoms with Gasteiger partial charge in [-0.2, -0.15) is 0 Å². The van der Waals surface area contributed by atoms with Gasteiger partial charge in [-0.1, -0.05) is 55.4 Å². The molecular weight excluding hydrogens is 468 g/mol. The van der Waals surface area contributed by atoms with Crippen LogP contribution in [0.3, 0.4) is 0 Å². The topological polar surface area (TPSA) is 111 Å². The van der Waals surface area contributed by atoms with Gasteiger partial charge in [0, 0.05) is 6.20 Å². The third-order valence-corrected chi connectivity index (χ3v) is 17.4. The van der Waals surface area contributed by atoms with Crippen LogP contribution in [0.1, 0.15) is 63.0 Å². The van der Waals surface area contributed by atoms with Crippen LogP contribution in [-0.4, -0.2) is 56.3 Å². The number of nitrogen functional groups attached to an aromatic ring is 1. The molecule has 4 heterocycles. The molecule has 2 aliphatic heterocycles. The van der Waals surface area contributed by atoms with E-state index in [0.717, 1.165) is 0 Å². The second kappa shape index (κ2) is 9.10. The van der Waals surface area contributed by atoms with E-state index in [4.69, 9.17) is 24.8 Å². The zero-order valence-corrected chi connectivity index (χ0v) is 23.4. The van der Waals surface area contributed by atoms with Gasteiger partial charge < -0.3 is 23.4 Å². The molecule has 0 saturated carbocycles. The average molecular weight is 509 g/mol. The van der Waals surface area contributed by atoms with E-state index < -0.39 is 35.6 Å². The monoisotopic (exact) mass is 508 g/mol. The number of ether oxygens (including phenoxy) is 1. The van der Waals surface area contributed by atoms with Crippen LogP contribution in [0.15, 0.2) is 18.6 Å². The van der Waals surface area contributed by atoms with Crippen molar-refractivity contribution in [3.63, 3.8) is 0 Å². The fourth-order valence-corrected chi connectivity index (χ4v) is 16.5. The van der Waals surface area contributed by atoms with Crippen molar-refractivity contribution >= 4 is 39.8 Å². The van der Waals surface area contributed by atoms with Crippen LogP contribution in [0.2, 0.25) is 22.2 Å². The van der Waals surface area contributed by atoms with E-state index in [-0.39, 0.29) is 46.4 Å². The third-order valence-electron chi connectivity index (χ3n) is 7.19. The molecule has 0 amide bonds. The SMILES string of the molecule is [3H]c1cn([C@@H]2O[C@@H]3CO[Si](C(C)C)(C(C)C)O[Si](C(C)C)(C(C)C)OC3C2=O)c2ncnc(N)c12. The summed E-state index contributed by atoms with van der Waals surface area (Å²) < 4.78 is 37.0. The van der Waals surface area contributed by atoms with Gasteiger partial charge in [0.05, 0.1) is 13.4 Å². The van der Waals surface area contributed by atoms with E-state index >= 15 is 0 Å². The highest BCUT2D eigenvalue weighted by atomic mass is 28.5. The predicted octanol–water partition coefficient (Wildman–Crippen LogP) is 4.44. The van der Waals surface area contributed by atoms with Crippen molar-refractivity contribution in [2.75, 3.05) is 12.3 Å². The van der Waals surface area contributed by atoms with Crippen LogP contribution in [0.25, 0.3) is 11.0 Å². The summed E-state index contributed by atoms with van der Waals surface area (Å²) in [6.07, 6.45) is 0.433. The maximum absolute atomic E-state index is 13.8. The summed E-state index contributed by atoms with van der Waals surface area (Å²) in [5.41, 5.74) is 6.96. The molecule has 2 aromatic heterocycles. The first kappa shape index (κ1) is 24.1. The number of nitrogens with two attached hydrogens (primary N) is 1. The Morgan fingerprint density at radius 1 is 1.06 bits per heavy atom. The maximum Gasteiger partial charge on any atom is 0.335 e. The molecule has 9 nitrogen and oxygen atoms in total. The van der Waals surface area contributed by atoms with E-state index in [0.29, 0.717) is 11.0 Å². The molecule has 1 unspecified atom stereocenters. The molecule has 0 aliphatic carbocycles. The third kappa shape index (κ3) is 3.86. The second-order valence-corrected chi connectivity index (χ2v) is 19.4. The van der Waals surface area contributed by atoms with Gasteiger partial charge in [0.2, 0.25) is 5.78 Å². The molecule has 0 bridgehead atoms. The van der Waals surface area contributed by atoms with Crippen LogP contribution < -0.4 is 5.73 Å². The van der Waals surface area contributed by atoms with Crippen molar-refractivity contribution in [3.8, 4) is 0 Å². The van der Waals surface area contributed by atoms with Gasteiger partial charge in [-0.05, 0) is 28.2 Å². The molecule has 34 heavy (non-hydrogen) atoms. The number of fused-ring (bicyclic) bond motifs is 2. The van der Waals surface area contributed by atoms with Crippen LogP contribution >= 0.6 is 0 Å². The van der Waals surface area contributed by atoms with E-state index in [1.807, 2.05) is 0 Å². The molecule has 0 radical (unpaired) electrons. The lowest BCUT2D eigenvalue weighted by Crippen LogP contribution is -2.65. The molecular formula is C23H38N4O5Si2. The highest BCUT2D eigenvalue weighted by Gasteiger charge is 2.61. The fourth-order valence-electron chi connectivity index (χ4n) is 5.31. The number of anilines is 1. The van der Waals surface area contributed by atoms with Gasteiger partial charge in [0.1, 0.15) is 30.0 Å². The lowest BCUT2D eigenvalue weighted by Gasteiger charge is -2.50. The largest absolute Gasteiger partial charge is 0.414 e. The van der Waals surface area contributed by atoms with Crippen LogP contribution in [-0.2, 0) is 22.5 Å². The minimum absolute atomic E-state index is 0.0980. The first-order chi connectivity index (χ1) is 16.4. The molecule has 0 spiro atoms. The average Bonchev–Trinajstić information content (AvgIpc) is 3.24. The van der Waals surface area contributed by atoms with Gasteiger partial charge in [-0.25, -0.2) is 9.97 Å². The molecule has 3 atom stereocenters. The summed E-state index contributed by atoms with van der Waals surface area (Å²) in [6, 6.07) is 0.137. The number of hydrogen-bond donors (Lipinski definition) is 1. The van der Waals surface area contributed by atoms with Gasteiger partial charge in [-0.3, -0.25) is 9.36 Å². The summed E-state index contributed by atoms with van der Waals surface area (Å²) in [5, 5.41) is 0.396. The lowest BCUT2D eigenvalue weighted by molar-refractivity contribution is -0.130. The molecule has 188 valence electrons. The summed E-state index contributed by atoms with van der Waals surface area (Å²) >= 11 is 0. The minimum Gasteiger partial charge on any atom is -0.414 e. The Bertz CT molecular complexity index is 1090. The standard InChI is InChI=1S/C23H38N4O5Si2/c1-13(2)33(14(3)4)29-11-18-20(31-34(32-33,15(5)6)16(7)8)19(28)23(30-18)27-10-9-17-21(24)25-12-26-22(17)27/h9-10,12-16,18,20,23H,11H2,1-8H3,(H2,24,25,26)/t18-,20?,23-/m1/s1/i9T. The summed E-state index contributed by atoms with van der Waals surface area (Å²) in [6.45, 7) is 17.3. The molecule has 0 aromatic carbocycles. The Balaban J connectivity index is 1.80. The maximum atomic E-state index is 13.8. The molecule has 2 aliphatic rings. The zero-order valence-electron chi connectivity index (χ0n) is 22.4. The smallest absolute Gasteiger partial charge is 0.335 e. The summed E-state index contributed by atoms with van der Waals surface area (Å²) in [5.74, 6) is -0.0309. The molecule has 2 N–H and O–H groups in total. The Hall–Kier alpha value is -1.64. The molecule has 2 aromatic rings. The Morgan fingerprint density at radius 2 is 1.68 bits per heavy atom. The van der Waals surface area contributed by atoms with Crippen molar-refractivity contribution in [2.45, 2.75) is 96.0 Å². The number of ketones is 1. The number of aromatic nitrogens is 3. The fraction of sp³-hybridized carbons (Fsp3) is 0.696. The van der Waals surface area contributed by atoms with Gasteiger partial charge in [0.15, 0.2) is 6.23 Å². The van der Waals surface area contributed by atoms with Crippen molar-refractivity contribution in [3.05, 3.63) is 18.6 Å². The van der Waals surface area contributed by atoms with Gasteiger partial charge in [0.25, 0.3) is 0 Å². The molecule has 4 rings (SSSR count). The van der Waals surface area contributed by atoms with Crippen molar-refractivity contribution in [1.82, 2.24) is 14.5 Å². The predicted molar refractivity (Wildman–Crippen MR) is 135 cm³/mol. The van der Waals surface area contributed by atoms with Gasteiger partial charge >= 0.3 is 17.1 Å². The van der Waals surface area contributed by atoms with Crippen molar-refractivity contribution in [1.29, 1.82) is 0 Å². The minimum atomic E-state index is -2.95. The van der Waals surface area contributed by atoms with Crippen molar-refractivity contribution < 1.29 is 23.9 Å². The summed E-state index contributed by atoms with van der Waals surface area (Å²) in [7, 11) is -5.69. The quantitative estimate of drug-likeness (QED) is 0.590.